The van der Waals surface area contributed by atoms with Gasteiger partial charge in [-0.25, -0.2) is 4.39 Å². The van der Waals surface area contributed by atoms with Crippen molar-refractivity contribution in [1.29, 1.82) is 0 Å². The second kappa shape index (κ2) is 7.79. The molecule has 2 aliphatic heterocycles. The fourth-order valence-corrected chi connectivity index (χ4v) is 4.42. The van der Waals surface area contributed by atoms with Gasteiger partial charge in [0.1, 0.15) is 17.7 Å². The van der Waals surface area contributed by atoms with E-state index < -0.39 is 0 Å². The van der Waals surface area contributed by atoms with Crippen LogP contribution in [0.2, 0.25) is 0 Å². The zero-order valence-electron chi connectivity index (χ0n) is 16.1. The van der Waals surface area contributed by atoms with Crippen molar-refractivity contribution in [2.45, 2.75) is 56.8 Å². The molecule has 150 valence electrons. The van der Waals surface area contributed by atoms with E-state index in [1.165, 1.54) is 25.3 Å². The molecule has 3 aliphatic rings. The summed E-state index contributed by atoms with van der Waals surface area (Å²) in [5, 5.41) is 9.17. The van der Waals surface area contributed by atoms with Gasteiger partial charge in [0.15, 0.2) is 0 Å². The van der Waals surface area contributed by atoms with Gasteiger partial charge in [0.2, 0.25) is 5.95 Å². The quantitative estimate of drug-likeness (QED) is 0.788. The van der Waals surface area contributed by atoms with Crippen molar-refractivity contribution in [1.82, 2.24) is 14.8 Å². The van der Waals surface area contributed by atoms with E-state index >= 15 is 0 Å². The van der Waals surface area contributed by atoms with Crippen LogP contribution in [0.25, 0.3) is 0 Å². The minimum Gasteiger partial charge on any atom is -0.376 e. The fraction of sp³-hybridized carbons (Fsp3) is 0.619. The molecule has 1 aromatic carbocycles. The Balaban J connectivity index is 1.40. The Morgan fingerprint density at radius 3 is 2.75 bits per heavy atom. The lowest BCUT2D eigenvalue weighted by atomic mass is 9.85. The van der Waals surface area contributed by atoms with Gasteiger partial charge in [0, 0.05) is 19.1 Å². The molecule has 28 heavy (non-hydrogen) atoms. The van der Waals surface area contributed by atoms with E-state index in [1.54, 1.807) is 12.1 Å². The maximum Gasteiger partial charge on any atom is 0.227 e. The van der Waals surface area contributed by atoms with E-state index in [9.17, 15) is 4.39 Å². The summed E-state index contributed by atoms with van der Waals surface area (Å²) in [6.45, 7) is 3.67. The summed E-state index contributed by atoms with van der Waals surface area (Å²) < 4.78 is 27.8. The molecule has 6 nitrogen and oxygen atoms in total. The molecule has 0 unspecified atom stereocenters. The standard InChI is InChI=1S/C21H27FN4O2/c22-17-7-2-6-16(12-17)19-14-25(9-11-28-19)21-24-23-20(15-4-1-5-15)26(21)13-18-8-3-10-27-18/h2,6-7,12,15,18-19H,1,3-5,8-11,13-14H2/t18-,19-/m1/s1. The third-order valence-corrected chi connectivity index (χ3v) is 6.21. The molecular weight excluding hydrogens is 359 g/mol. The van der Waals surface area contributed by atoms with Crippen LogP contribution < -0.4 is 4.90 Å². The van der Waals surface area contributed by atoms with E-state index in [1.807, 2.05) is 6.07 Å². The minimum atomic E-state index is -0.230. The number of halogens is 1. The lowest BCUT2D eigenvalue weighted by Gasteiger charge is -2.34. The molecule has 0 spiro atoms. The number of anilines is 1. The summed E-state index contributed by atoms with van der Waals surface area (Å²) in [4.78, 5) is 2.24. The summed E-state index contributed by atoms with van der Waals surface area (Å²) >= 11 is 0. The van der Waals surface area contributed by atoms with Crippen LogP contribution in [0.1, 0.15) is 55.5 Å². The number of aromatic nitrogens is 3. The SMILES string of the molecule is Fc1cccc([C@H]2CN(c3nnc(C4CCC4)n3C[C@H]3CCCO3)CCO2)c1. The average Bonchev–Trinajstić information content (AvgIpc) is 3.32. The number of hydrogen-bond donors (Lipinski definition) is 0. The third kappa shape index (κ3) is 3.53. The van der Waals surface area contributed by atoms with E-state index in [-0.39, 0.29) is 18.0 Å². The van der Waals surface area contributed by atoms with Gasteiger partial charge in [-0.3, -0.25) is 4.57 Å². The predicted molar refractivity (Wildman–Crippen MR) is 103 cm³/mol. The predicted octanol–water partition coefficient (Wildman–Crippen LogP) is 3.44. The van der Waals surface area contributed by atoms with Crippen molar-refractivity contribution < 1.29 is 13.9 Å². The molecule has 1 aromatic heterocycles. The van der Waals surface area contributed by atoms with Crippen LogP contribution in [0.3, 0.4) is 0 Å². The van der Waals surface area contributed by atoms with Crippen molar-refractivity contribution in [2.24, 2.45) is 0 Å². The molecular formula is C21H27FN4O2. The van der Waals surface area contributed by atoms with Crippen LogP contribution in [0.4, 0.5) is 10.3 Å². The number of hydrogen-bond acceptors (Lipinski definition) is 5. The molecule has 0 radical (unpaired) electrons. The normalized spacial score (nSPS) is 25.8. The maximum atomic E-state index is 13.7. The zero-order valence-corrected chi connectivity index (χ0v) is 16.1. The highest BCUT2D eigenvalue weighted by Gasteiger charge is 2.32. The number of morpholine rings is 1. The van der Waals surface area contributed by atoms with Gasteiger partial charge in [-0.2, -0.15) is 0 Å². The van der Waals surface area contributed by atoms with Gasteiger partial charge >= 0.3 is 0 Å². The molecule has 3 heterocycles. The first-order valence-electron chi connectivity index (χ1n) is 10.4. The molecule has 7 heteroatoms. The topological polar surface area (TPSA) is 52.4 Å². The molecule has 2 atom stereocenters. The zero-order chi connectivity index (χ0) is 18.9. The highest BCUT2D eigenvalue weighted by atomic mass is 19.1. The number of rotatable bonds is 5. The molecule has 0 bridgehead atoms. The van der Waals surface area contributed by atoms with Crippen molar-refractivity contribution in [2.75, 3.05) is 31.2 Å². The fourth-order valence-electron chi connectivity index (χ4n) is 4.42. The second-order valence-corrected chi connectivity index (χ2v) is 8.09. The van der Waals surface area contributed by atoms with Gasteiger partial charge in [-0.15, -0.1) is 10.2 Å². The summed E-state index contributed by atoms with van der Waals surface area (Å²) in [5.41, 5.74) is 0.870. The first-order chi connectivity index (χ1) is 13.8. The van der Waals surface area contributed by atoms with Gasteiger partial charge in [-0.05, 0) is 43.4 Å². The lowest BCUT2D eigenvalue weighted by molar-refractivity contribution is 0.0384. The summed E-state index contributed by atoms with van der Waals surface area (Å²) in [7, 11) is 0. The van der Waals surface area contributed by atoms with Gasteiger partial charge in [0.25, 0.3) is 0 Å². The van der Waals surface area contributed by atoms with Gasteiger partial charge in [0.05, 0.1) is 25.8 Å². The van der Waals surface area contributed by atoms with Gasteiger partial charge in [-0.1, -0.05) is 18.6 Å². The Labute approximate surface area is 164 Å². The summed E-state index contributed by atoms with van der Waals surface area (Å²) in [6.07, 6.45) is 5.96. The first-order valence-corrected chi connectivity index (χ1v) is 10.4. The van der Waals surface area contributed by atoms with Crippen molar-refractivity contribution >= 4 is 5.95 Å². The molecule has 0 N–H and O–H groups in total. The van der Waals surface area contributed by atoms with E-state index in [4.69, 9.17) is 9.47 Å². The average molecular weight is 386 g/mol. The van der Waals surface area contributed by atoms with Crippen molar-refractivity contribution in [3.63, 3.8) is 0 Å². The van der Waals surface area contributed by atoms with Crippen LogP contribution >= 0.6 is 0 Å². The Morgan fingerprint density at radius 1 is 1.07 bits per heavy atom. The smallest absolute Gasteiger partial charge is 0.227 e. The first kappa shape index (κ1) is 18.1. The van der Waals surface area contributed by atoms with Crippen molar-refractivity contribution in [3.05, 3.63) is 41.5 Å². The Morgan fingerprint density at radius 2 is 2.00 bits per heavy atom. The van der Waals surface area contributed by atoms with Crippen LogP contribution in [-0.2, 0) is 16.0 Å². The van der Waals surface area contributed by atoms with E-state index in [2.05, 4.69) is 19.7 Å². The van der Waals surface area contributed by atoms with Crippen molar-refractivity contribution in [3.8, 4) is 0 Å². The van der Waals surface area contributed by atoms with E-state index in [0.717, 1.165) is 49.9 Å². The largest absolute Gasteiger partial charge is 0.376 e. The molecule has 2 saturated heterocycles. The molecule has 5 rings (SSSR count). The summed E-state index contributed by atoms with van der Waals surface area (Å²) in [5.74, 6) is 2.29. The highest BCUT2D eigenvalue weighted by molar-refractivity contribution is 5.35. The number of nitrogens with zero attached hydrogens (tertiary/aromatic N) is 4. The summed E-state index contributed by atoms with van der Waals surface area (Å²) in [6, 6.07) is 6.69. The molecule has 0 amide bonds. The monoisotopic (exact) mass is 386 g/mol. The lowest BCUT2D eigenvalue weighted by Crippen LogP contribution is -2.40. The highest BCUT2D eigenvalue weighted by Crippen LogP contribution is 2.37. The van der Waals surface area contributed by atoms with Crippen LogP contribution in [-0.4, -0.2) is 47.2 Å². The second-order valence-electron chi connectivity index (χ2n) is 8.09. The maximum absolute atomic E-state index is 13.7. The Bertz CT molecular complexity index is 816. The van der Waals surface area contributed by atoms with Crippen LogP contribution in [0, 0.1) is 5.82 Å². The Kier molecular flexibility index (Phi) is 5.03. The Hall–Kier alpha value is -1.99. The van der Waals surface area contributed by atoms with Crippen LogP contribution in [0.15, 0.2) is 24.3 Å². The molecule has 1 aliphatic carbocycles. The van der Waals surface area contributed by atoms with Crippen LogP contribution in [0.5, 0.6) is 0 Å². The molecule has 1 saturated carbocycles. The number of ether oxygens (including phenoxy) is 2. The molecule has 2 aromatic rings. The minimum absolute atomic E-state index is 0.163. The van der Waals surface area contributed by atoms with Gasteiger partial charge < -0.3 is 14.4 Å². The number of benzene rings is 1. The third-order valence-electron chi connectivity index (χ3n) is 6.21. The molecule has 3 fully saturated rings. The van der Waals surface area contributed by atoms with E-state index in [0.29, 0.717) is 19.1 Å².